The maximum Gasteiger partial charge on any atom is 0.224 e. The second-order valence-electron chi connectivity index (χ2n) is 4.86. The van der Waals surface area contributed by atoms with E-state index < -0.39 is 0 Å². The van der Waals surface area contributed by atoms with Crippen LogP contribution in [0.25, 0.3) is 0 Å². The van der Waals surface area contributed by atoms with Gasteiger partial charge in [-0.2, -0.15) is 0 Å². The molecule has 2 rings (SSSR count). The molecule has 0 aliphatic rings. The first-order valence-electron chi connectivity index (χ1n) is 6.54. The van der Waals surface area contributed by atoms with Gasteiger partial charge in [-0.15, -0.1) is 11.3 Å². The Morgan fingerprint density at radius 2 is 1.95 bits per heavy atom. The van der Waals surface area contributed by atoms with E-state index in [1.54, 1.807) is 11.3 Å². The predicted octanol–water partition coefficient (Wildman–Crippen LogP) is 4.33. The van der Waals surface area contributed by atoms with Gasteiger partial charge in [0.2, 0.25) is 5.91 Å². The zero-order chi connectivity index (χ0) is 13.7. The molecule has 0 radical (unpaired) electrons. The van der Waals surface area contributed by atoms with Crippen LogP contribution in [0.4, 0.5) is 5.69 Å². The molecule has 0 aliphatic carbocycles. The quantitative estimate of drug-likeness (QED) is 0.863. The van der Waals surface area contributed by atoms with Crippen LogP contribution in [0, 0.1) is 13.8 Å². The summed E-state index contributed by atoms with van der Waals surface area (Å²) in [7, 11) is 0. The third-order valence-corrected chi connectivity index (χ3v) is 3.85. The van der Waals surface area contributed by atoms with E-state index in [0.29, 0.717) is 6.42 Å². The molecular weight excluding hydrogens is 254 g/mol. The standard InChI is InChI=1S/C16H19NOS/c1-12-9-13(2)11-14(10-12)17-16(18)7-3-5-15-6-4-8-19-15/h4,6,8-11H,3,5,7H2,1-2H3,(H,17,18). The summed E-state index contributed by atoms with van der Waals surface area (Å²) in [6, 6.07) is 10.3. The fourth-order valence-corrected chi connectivity index (χ4v) is 2.90. The van der Waals surface area contributed by atoms with E-state index in [9.17, 15) is 4.79 Å². The molecule has 100 valence electrons. The minimum atomic E-state index is 0.0987. The fourth-order valence-electron chi connectivity index (χ4n) is 2.15. The number of nitrogens with one attached hydrogen (secondary N) is 1. The normalized spacial score (nSPS) is 10.4. The molecule has 0 unspecified atom stereocenters. The molecule has 0 fully saturated rings. The average Bonchev–Trinajstić information content (AvgIpc) is 2.80. The Morgan fingerprint density at radius 3 is 2.58 bits per heavy atom. The maximum absolute atomic E-state index is 11.9. The van der Waals surface area contributed by atoms with Crippen LogP contribution < -0.4 is 5.32 Å². The number of hydrogen-bond donors (Lipinski definition) is 1. The first-order chi connectivity index (χ1) is 9.13. The zero-order valence-electron chi connectivity index (χ0n) is 11.4. The maximum atomic E-state index is 11.9. The SMILES string of the molecule is Cc1cc(C)cc(NC(=O)CCCc2cccs2)c1. The molecule has 1 heterocycles. The highest BCUT2D eigenvalue weighted by Gasteiger charge is 2.04. The molecule has 0 spiro atoms. The highest BCUT2D eigenvalue weighted by Crippen LogP contribution is 2.15. The Hall–Kier alpha value is -1.61. The van der Waals surface area contributed by atoms with E-state index in [1.807, 2.05) is 26.0 Å². The van der Waals surface area contributed by atoms with Crippen molar-refractivity contribution in [2.75, 3.05) is 5.32 Å². The van der Waals surface area contributed by atoms with Crippen molar-refractivity contribution in [3.63, 3.8) is 0 Å². The van der Waals surface area contributed by atoms with Crippen molar-refractivity contribution in [1.29, 1.82) is 0 Å². The molecule has 0 atom stereocenters. The van der Waals surface area contributed by atoms with E-state index in [-0.39, 0.29) is 5.91 Å². The summed E-state index contributed by atoms with van der Waals surface area (Å²) >= 11 is 1.75. The van der Waals surface area contributed by atoms with E-state index in [1.165, 1.54) is 16.0 Å². The molecule has 3 heteroatoms. The van der Waals surface area contributed by atoms with Crippen LogP contribution in [-0.4, -0.2) is 5.91 Å². The lowest BCUT2D eigenvalue weighted by molar-refractivity contribution is -0.116. The van der Waals surface area contributed by atoms with Gasteiger partial charge >= 0.3 is 0 Å². The van der Waals surface area contributed by atoms with Crippen molar-refractivity contribution in [2.24, 2.45) is 0 Å². The summed E-state index contributed by atoms with van der Waals surface area (Å²) < 4.78 is 0. The number of carbonyl (C=O) groups excluding carboxylic acids is 1. The molecule has 0 bridgehead atoms. The second-order valence-corrected chi connectivity index (χ2v) is 5.89. The Balaban J connectivity index is 1.80. The van der Waals surface area contributed by atoms with Crippen molar-refractivity contribution < 1.29 is 4.79 Å². The molecule has 1 amide bonds. The van der Waals surface area contributed by atoms with Crippen molar-refractivity contribution in [3.8, 4) is 0 Å². The van der Waals surface area contributed by atoms with Crippen LogP contribution in [0.15, 0.2) is 35.7 Å². The monoisotopic (exact) mass is 273 g/mol. The summed E-state index contributed by atoms with van der Waals surface area (Å²) in [5.74, 6) is 0.0987. The van der Waals surface area contributed by atoms with Crippen molar-refractivity contribution >= 4 is 22.9 Å². The van der Waals surface area contributed by atoms with Gasteiger partial charge in [-0.3, -0.25) is 4.79 Å². The fraction of sp³-hybridized carbons (Fsp3) is 0.312. The lowest BCUT2D eigenvalue weighted by atomic mass is 10.1. The molecule has 1 aromatic heterocycles. The van der Waals surface area contributed by atoms with Crippen LogP contribution in [0.2, 0.25) is 0 Å². The number of rotatable bonds is 5. The molecule has 1 aromatic carbocycles. The second kappa shape index (κ2) is 6.53. The van der Waals surface area contributed by atoms with E-state index in [0.717, 1.165) is 18.5 Å². The van der Waals surface area contributed by atoms with Crippen LogP contribution in [0.1, 0.15) is 28.8 Å². The lowest BCUT2D eigenvalue weighted by Gasteiger charge is -2.07. The van der Waals surface area contributed by atoms with E-state index in [2.05, 4.69) is 28.9 Å². The number of benzene rings is 1. The largest absolute Gasteiger partial charge is 0.326 e. The molecule has 2 aromatic rings. The van der Waals surface area contributed by atoms with Crippen molar-refractivity contribution in [1.82, 2.24) is 0 Å². The van der Waals surface area contributed by atoms with Gasteiger partial charge < -0.3 is 5.32 Å². The van der Waals surface area contributed by atoms with Crippen LogP contribution in [0.3, 0.4) is 0 Å². The van der Waals surface area contributed by atoms with Gasteiger partial charge in [0.25, 0.3) is 0 Å². The molecule has 0 aliphatic heterocycles. The van der Waals surface area contributed by atoms with Gasteiger partial charge in [-0.25, -0.2) is 0 Å². The summed E-state index contributed by atoms with van der Waals surface area (Å²) in [5, 5.41) is 5.04. The number of carbonyl (C=O) groups is 1. The molecular formula is C16H19NOS. The molecule has 19 heavy (non-hydrogen) atoms. The van der Waals surface area contributed by atoms with Gasteiger partial charge in [0.05, 0.1) is 0 Å². The van der Waals surface area contributed by atoms with E-state index >= 15 is 0 Å². The Labute approximate surface area is 118 Å². The van der Waals surface area contributed by atoms with Crippen molar-refractivity contribution in [2.45, 2.75) is 33.1 Å². The number of thiophene rings is 1. The van der Waals surface area contributed by atoms with Crippen LogP contribution >= 0.6 is 11.3 Å². The third kappa shape index (κ3) is 4.52. The molecule has 2 nitrogen and oxygen atoms in total. The van der Waals surface area contributed by atoms with Crippen LogP contribution in [0.5, 0.6) is 0 Å². The van der Waals surface area contributed by atoms with Gasteiger partial charge in [0, 0.05) is 17.0 Å². The highest BCUT2D eigenvalue weighted by atomic mass is 32.1. The average molecular weight is 273 g/mol. The third-order valence-electron chi connectivity index (χ3n) is 2.91. The Morgan fingerprint density at radius 1 is 1.21 bits per heavy atom. The molecule has 0 saturated heterocycles. The topological polar surface area (TPSA) is 29.1 Å². The molecule has 1 N–H and O–H groups in total. The highest BCUT2D eigenvalue weighted by molar-refractivity contribution is 7.09. The minimum Gasteiger partial charge on any atom is -0.326 e. The summed E-state index contributed by atoms with van der Waals surface area (Å²) in [6.07, 6.45) is 2.46. The summed E-state index contributed by atoms with van der Waals surface area (Å²) in [6.45, 7) is 4.08. The predicted molar refractivity (Wildman–Crippen MR) is 81.8 cm³/mol. The summed E-state index contributed by atoms with van der Waals surface area (Å²) in [4.78, 5) is 13.2. The van der Waals surface area contributed by atoms with Gasteiger partial charge in [-0.05, 0) is 61.4 Å². The number of aryl methyl sites for hydroxylation is 3. The Kier molecular flexibility index (Phi) is 4.74. The number of anilines is 1. The van der Waals surface area contributed by atoms with Crippen LogP contribution in [-0.2, 0) is 11.2 Å². The van der Waals surface area contributed by atoms with Crippen molar-refractivity contribution in [3.05, 3.63) is 51.7 Å². The Bertz CT molecular complexity index is 526. The summed E-state index contributed by atoms with van der Waals surface area (Å²) in [5.41, 5.74) is 3.25. The smallest absolute Gasteiger partial charge is 0.224 e. The first kappa shape index (κ1) is 13.8. The van der Waals surface area contributed by atoms with E-state index in [4.69, 9.17) is 0 Å². The molecule has 0 saturated carbocycles. The minimum absolute atomic E-state index is 0.0987. The zero-order valence-corrected chi connectivity index (χ0v) is 12.2. The van der Waals surface area contributed by atoms with Gasteiger partial charge in [0.1, 0.15) is 0 Å². The first-order valence-corrected chi connectivity index (χ1v) is 7.42. The van der Waals surface area contributed by atoms with Gasteiger partial charge in [-0.1, -0.05) is 12.1 Å². The number of hydrogen-bond acceptors (Lipinski definition) is 2. The lowest BCUT2D eigenvalue weighted by Crippen LogP contribution is -2.11. The van der Waals surface area contributed by atoms with Gasteiger partial charge in [0.15, 0.2) is 0 Å². The number of amides is 1.